The maximum atomic E-state index is 13.8. The molecule has 0 nitrogen and oxygen atoms in total. The van der Waals surface area contributed by atoms with Crippen molar-refractivity contribution in [2.24, 2.45) is 0 Å². The van der Waals surface area contributed by atoms with Crippen molar-refractivity contribution in [1.29, 1.82) is 0 Å². The maximum absolute atomic E-state index is 13.8. The quantitative estimate of drug-likeness (QED) is 0.154. The molecule has 1 heterocycles. The molecule has 0 aromatic carbocycles. The Labute approximate surface area is 181 Å². The Morgan fingerprint density at radius 3 is 0.857 bits per heavy atom. The summed E-state index contributed by atoms with van der Waals surface area (Å²) in [5.41, 5.74) is 0. The first-order valence-corrected chi connectivity index (χ1v) is 10.4. The normalized spacial score (nSPS) is 26.0. The molecule has 0 aromatic heterocycles. The van der Waals surface area contributed by atoms with E-state index in [0.29, 0.717) is 0 Å². The molecule has 0 spiro atoms. The molecule has 0 radical (unpaired) electrons. The molecule has 0 unspecified atom stereocenters. The van der Waals surface area contributed by atoms with Crippen LogP contribution in [-0.4, -0.2) is 59.4 Å². The van der Waals surface area contributed by atoms with Gasteiger partial charge in [-0.15, -0.1) is 0 Å². The molecule has 1 aliphatic heterocycles. The van der Waals surface area contributed by atoms with Crippen molar-refractivity contribution in [2.45, 2.75) is 59.4 Å². The summed E-state index contributed by atoms with van der Waals surface area (Å²) in [6.45, 7) is 0. The molecule has 0 saturated carbocycles. The average Bonchev–Trinajstić information content (AvgIpc) is 2.57. The molecule has 24 heteroatoms. The van der Waals surface area contributed by atoms with Gasteiger partial charge < -0.3 is 0 Å². The van der Waals surface area contributed by atoms with E-state index in [4.69, 9.17) is 0 Å². The molecule has 35 heavy (non-hydrogen) atoms. The third-order valence-corrected chi connectivity index (χ3v) is 10.2. The Balaban J connectivity index is 4.02. The summed E-state index contributed by atoms with van der Waals surface area (Å²) >= 11 is -9.81. The SMILES string of the molecule is FC(F)(F)C(F)(F)C(F)(F)C(F)(F)C(F)(F)C(F)(F)I1C(F)(F)C(F)(F)C(F)(F)C(F)(F)C1(F)F. The first-order chi connectivity index (χ1) is 14.6. The molecule has 1 aliphatic rings. The van der Waals surface area contributed by atoms with E-state index in [1.54, 1.807) is 0 Å². The zero-order valence-electron chi connectivity index (χ0n) is 14.6. The van der Waals surface area contributed by atoms with E-state index in [2.05, 4.69) is 0 Å². The van der Waals surface area contributed by atoms with Gasteiger partial charge in [0.2, 0.25) is 0 Å². The fraction of sp³-hybridized carbons (Fsp3) is 1.00. The minimum atomic E-state index is -9.81. The molecule has 1 fully saturated rings. The van der Waals surface area contributed by atoms with E-state index >= 15 is 0 Å². The summed E-state index contributed by atoms with van der Waals surface area (Å²) < 4.78 is 276. The van der Waals surface area contributed by atoms with Gasteiger partial charge in [-0.1, -0.05) is 0 Å². The van der Waals surface area contributed by atoms with Gasteiger partial charge >= 0.3 is 180 Å². The summed E-state index contributed by atoms with van der Waals surface area (Å²) in [6, 6.07) is 0. The van der Waals surface area contributed by atoms with Crippen molar-refractivity contribution < 1.29 is 101 Å². The number of hydrogen-bond donors (Lipinski definition) is 0. The van der Waals surface area contributed by atoms with E-state index in [0.717, 1.165) is 0 Å². The fourth-order valence-electron chi connectivity index (χ4n) is 2.11. The van der Waals surface area contributed by atoms with Crippen LogP contribution in [0.3, 0.4) is 0 Å². The first-order valence-electron chi connectivity index (χ1n) is 7.16. The second-order valence-corrected chi connectivity index (χ2v) is 12.0. The van der Waals surface area contributed by atoms with E-state index in [1.165, 1.54) is 0 Å². The van der Waals surface area contributed by atoms with Gasteiger partial charge in [0.25, 0.3) is 0 Å². The van der Waals surface area contributed by atoms with Gasteiger partial charge in [-0.25, -0.2) is 0 Å². The molecule has 0 atom stereocenters. The Morgan fingerprint density at radius 2 is 0.600 bits per heavy atom. The molecular weight excluding hydrogens is 696 g/mol. The van der Waals surface area contributed by atoms with Gasteiger partial charge in [-0.05, 0) is 0 Å². The van der Waals surface area contributed by atoms with Crippen LogP contribution in [-0.2, 0) is 0 Å². The van der Waals surface area contributed by atoms with Gasteiger partial charge in [0.15, 0.2) is 0 Å². The minimum absolute atomic E-state index is 8.05. The molecule has 0 N–H and O–H groups in total. The topological polar surface area (TPSA) is 0 Å². The first kappa shape index (κ1) is 32.1. The van der Waals surface area contributed by atoms with Crippen LogP contribution in [0.15, 0.2) is 0 Å². The Bertz CT molecular complexity index is 801. The summed E-state index contributed by atoms with van der Waals surface area (Å²) in [7, 11) is 0. The number of rotatable bonds is 5. The van der Waals surface area contributed by atoms with Crippen LogP contribution in [0.1, 0.15) is 0 Å². The van der Waals surface area contributed by atoms with Gasteiger partial charge in [-0.2, -0.15) is 0 Å². The van der Waals surface area contributed by atoms with E-state index in [1.807, 2.05) is 0 Å². The summed E-state index contributed by atoms with van der Waals surface area (Å²) in [4.78, 5) is 0. The summed E-state index contributed by atoms with van der Waals surface area (Å²) in [5, 5.41) is 0. The Hall–Kier alpha value is -0.880. The van der Waals surface area contributed by atoms with Gasteiger partial charge in [0.1, 0.15) is 0 Å². The van der Waals surface area contributed by atoms with Crippen molar-refractivity contribution in [3.63, 3.8) is 0 Å². The molecular formula is C11F23I. The molecule has 212 valence electrons. The predicted molar refractivity (Wildman–Crippen MR) is 69.5 cm³/mol. The van der Waals surface area contributed by atoms with E-state index in [-0.39, 0.29) is 0 Å². The van der Waals surface area contributed by atoms with Crippen molar-refractivity contribution >= 4 is 19.8 Å². The molecule has 0 aliphatic carbocycles. The monoisotopic (exact) mass is 696 g/mol. The van der Waals surface area contributed by atoms with Gasteiger partial charge in [0, 0.05) is 0 Å². The summed E-state index contributed by atoms with van der Waals surface area (Å²) in [5.74, 6) is -60.2. The molecule has 0 aromatic rings. The van der Waals surface area contributed by atoms with Gasteiger partial charge in [0.05, 0.1) is 0 Å². The molecule has 0 amide bonds. The van der Waals surface area contributed by atoms with Crippen molar-refractivity contribution in [1.82, 2.24) is 0 Å². The molecule has 1 saturated heterocycles. The summed E-state index contributed by atoms with van der Waals surface area (Å²) in [6.07, 6.45) is -8.05. The van der Waals surface area contributed by atoms with Crippen LogP contribution in [0.2, 0.25) is 0 Å². The van der Waals surface area contributed by atoms with Crippen LogP contribution in [0.25, 0.3) is 0 Å². The van der Waals surface area contributed by atoms with Crippen LogP contribution in [0.4, 0.5) is 101 Å². The van der Waals surface area contributed by atoms with Crippen LogP contribution >= 0.6 is 19.8 Å². The Kier molecular flexibility index (Phi) is 6.76. The second-order valence-electron chi connectivity index (χ2n) is 6.30. The van der Waals surface area contributed by atoms with Crippen LogP contribution in [0.5, 0.6) is 0 Å². The number of alkyl halides is 26. The molecule has 1 rings (SSSR count). The molecule has 0 bridgehead atoms. The van der Waals surface area contributed by atoms with Crippen molar-refractivity contribution in [3.05, 3.63) is 0 Å². The second kappa shape index (κ2) is 7.36. The van der Waals surface area contributed by atoms with E-state index in [9.17, 15) is 101 Å². The number of hydrogen-bond acceptors (Lipinski definition) is 0. The van der Waals surface area contributed by atoms with Crippen molar-refractivity contribution in [3.8, 4) is 0 Å². The van der Waals surface area contributed by atoms with Crippen LogP contribution < -0.4 is 0 Å². The third kappa shape index (κ3) is 3.33. The van der Waals surface area contributed by atoms with Crippen LogP contribution in [0, 0.1) is 0 Å². The van der Waals surface area contributed by atoms with Crippen molar-refractivity contribution in [2.75, 3.05) is 0 Å². The third-order valence-electron chi connectivity index (χ3n) is 4.11. The number of halogens is 24. The predicted octanol–water partition coefficient (Wildman–Crippen LogP) is 8.29. The Morgan fingerprint density at radius 1 is 0.343 bits per heavy atom. The van der Waals surface area contributed by atoms with Gasteiger partial charge in [-0.3, -0.25) is 0 Å². The average molecular weight is 696 g/mol. The standard InChI is InChI=1S/C11F23I/c12-1(13,4(18,19)8(26,27)28)2(14,15)5(20,21)9(29,30)35-10(31,32)6(22,23)3(16,17)7(24,25)11(35,33)34. The fourth-order valence-corrected chi connectivity index (χ4v) is 7.71. The zero-order valence-corrected chi connectivity index (χ0v) is 16.7. The van der Waals surface area contributed by atoms with E-state index < -0.39 is 79.2 Å². The zero-order chi connectivity index (χ0) is 29.1.